The number of ketones is 1. The second-order valence-corrected chi connectivity index (χ2v) is 8.41. The molecule has 1 atom stereocenters. The van der Waals surface area contributed by atoms with Crippen molar-refractivity contribution in [3.63, 3.8) is 0 Å². The summed E-state index contributed by atoms with van der Waals surface area (Å²) >= 11 is 0. The molecule has 0 saturated carbocycles. The Kier molecular flexibility index (Phi) is 4.40. The SMILES string of the molecule is Cc1cc(C(=O)N2CC[C@]3(C=C(N)C(=O)C(C)(C)C3)C2)cc(C(F)(F)F)c1. The maximum absolute atomic E-state index is 13.1. The van der Waals surface area contributed by atoms with E-state index in [1.54, 1.807) is 11.0 Å². The molecule has 1 aromatic rings. The van der Waals surface area contributed by atoms with Gasteiger partial charge in [0.05, 0.1) is 11.3 Å². The Bertz CT molecular complexity index is 842. The molecule has 0 aromatic heterocycles. The van der Waals surface area contributed by atoms with E-state index in [0.717, 1.165) is 12.1 Å². The summed E-state index contributed by atoms with van der Waals surface area (Å²) in [5.41, 5.74) is 4.68. The van der Waals surface area contributed by atoms with E-state index in [1.165, 1.54) is 13.0 Å². The molecule has 146 valence electrons. The van der Waals surface area contributed by atoms with Crippen LogP contribution >= 0.6 is 0 Å². The molecule has 1 heterocycles. The number of amides is 1. The smallest absolute Gasteiger partial charge is 0.396 e. The van der Waals surface area contributed by atoms with Gasteiger partial charge in [0.2, 0.25) is 0 Å². The van der Waals surface area contributed by atoms with Gasteiger partial charge in [0.25, 0.3) is 5.91 Å². The number of aryl methyl sites for hydroxylation is 1. The number of benzene rings is 1. The van der Waals surface area contributed by atoms with Crippen LogP contribution in [0.5, 0.6) is 0 Å². The van der Waals surface area contributed by atoms with Gasteiger partial charge in [0, 0.05) is 29.5 Å². The van der Waals surface area contributed by atoms with Gasteiger partial charge in [-0.3, -0.25) is 9.59 Å². The summed E-state index contributed by atoms with van der Waals surface area (Å²) in [5, 5.41) is 0. The summed E-state index contributed by atoms with van der Waals surface area (Å²) in [6.45, 7) is 5.96. The maximum atomic E-state index is 13.1. The van der Waals surface area contributed by atoms with E-state index in [0.29, 0.717) is 31.5 Å². The van der Waals surface area contributed by atoms with Crippen LogP contribution in [0.2, 0.25) is 0 Å². The molecule has 7 heteroatoms. The van der Waals surface area contributed by atoms with Crippen molar-refractivity contribution < 1.29 is 22.8 Å². The summed E-state index contributed by atoms with van der Waals surface area (Å²) in [6, 6.07) is 3.40. The first-order chi connectivity index (χ1) is 12.3. The lowest BCUT2D eigenvalue weighted by Gasteiger charge is -2.39. The zero-order valence-electron chi connectivity index (χ0n) is 15.6. The van der Waals surface area contributed by atoms with Crippen molar-refractivity contribution in [1.82, 2.24) is 4.90 Å². The monoisotopic (exact) mass is 380 g/mol. The van der Waals surface area contributed by atoms with Gasteiger partial charge in [-0.1, -0.05) is 13.8 Å². The first-order valence-electron chi connectivity index (χ1n) is 8.84. The topological polar surface area (TPSA) is 63.4 Å². The van der Waals surface area contributed by atoms with Gasteiger partial charge in [-0.15, -0.1) is 0 Å². The fraction of sp³-hybridized carbons (Fsp3) is 0.500. The third kappa shape index (κ3) is 3.59. The van der Waals surface area contributed by atoms with Crippen LogP contribution in [0, 0.1) is 17.8 Å². The van der Waals surface area contributed by atoms with Crippen molar-refractivity contribution >= 4 is 11.7 Å². The Labute approximate surface area is 156 Å². The summed E-state index contributed by atoms with van der Waals surface area (Å²) in [6.07, 6.45) is -1.57. The third-order valence-electron chi connectivity index (χ3n) is 5.46. The number of allylic oxidation sites excluding steroid dienone is 1. The van der Waals surface area contributed by atoms with Crippen molar-refractivity contribution in [3.8, 4) is 0 Å². The highest BCUT2D eigenvalue weighted by atomic mass is 19.4. The molecule has 0 unspecified atom stereocenters. The van der Waals surface area contributed by atoms with Gasteiger partial charge in [0.15, 0.2) is 5.78 Å². The number of alkyl halides is 3. The van der Waals surface area contributed by atoms with Crippen LogP contribution in [-0.2, 0) is 11.0 Å². The minimum atomic E-state index is -4.50. The average molecular weight is 380 g/mol. The number of likely N-dealkylation sites (tertiary alicyclic amines) is 1. The molecule has 1 saturated heterocycles. The van der Waals surface area contributed by atoms with Crippen LogP contribution < -0.4 is 5.73 Å². The molecule has 27 heavy (non-hydrogen) atoms. The Morgan fingerprint density at radius 1 is 1.22 bits per heavy atom. The van der Waals surface area contributed by atoms with E-state index in [9.17, 15) is 22.8 Å². The molecule has 1 fully saturated rings. The molecule has 1 aromatic carbocycles. The van der Waals surface area contributed by atoms with Crippen molar-refractivity contribution in [2.24, 2.45) is 16.6 Å². The minimum Gasteiger partial charge on any atom is -0.396 e. The molecule has 4 nitrogen and oxygen atoms in total. The normalized spacial score (nSPS) is 25.0. The Hall–Kier alpha value is -2.31. The number of nitrogens with zero attached hydrogens (tertiary/aromatic N) is 1. The van der Waals surface area contributed by atoms with Gasteiger partial charge in [-0.2, -0.15) is 13.2 Å². The van der Waals surface area contributed by atoms with Crippen molar-refractivity contribution in [1.29, 1.82) is 0 Å². The van der Waals surface area contributed by atoms with E-state index in [2.05, 4.69) is 0 Å². The van der Waals surface area contributed by atoms with E-state index in [-0.39, 0.29) is 17.0 Å². The van der Waals surface area contributed by atoms with Gasteiger partial charge in [0.1, 0.15) is 0 Å². The zero-order valence-corrected chi connectivity index (χ0v) is 15.6. The lowest BCUT2D eigenvalue weighted by molar-refractivity contribution is -0.137. The molecular formula is C20H23F3N2O2. The standard InChI is InChI=1S/C20H23F3N2O2/c1-12-6-13(8-14(7-12)20(21,22)23)17(27)25-5-4-19(11-25)9-15(24)16(26)18(2,3)10-19/h6-9H,4-5,10-11,24H2,1-3H3/t19-/m1/s1. The highest BCUT2D eigenvalue weighted by Crippen LogP contribution is 2.47. The minimum absolute atomic E-state index is 0.0301. The summed E-state index contributed by atoms with van der Waals surface area (Å²) in [5.74, 6) is -0.533. The number of hydrogen-bond acceptors (Lipinski definition) is 3. The molecular weight excluding hydrogens is 357 g/mol. The summed E-state index contributed by atoms with van der Waals surface area (Å²) in [7, 11) is 0. The Balaban J connectivity index is 1.87. The molecule has 0 radical (unpaired) electrons. The highest BCUT2D eigenvalue weighted by molar-refractivity contribution is 6.00. The summed E-state index contributed by atoms with van der Waals surface area (Å²) < 4.78 is 39.2. The van der Waals surface area contributed by atoms with Gasteiger partial charge < -0.3 is 10.6 Å². The quantitative estimate of drug-likeness (QED) is 0.808. The number of halogens is 3. The highest BCUT2D eigenvalue weighted by Gasteiger charge is 2.48. The molecule has 0 bridgehead atoms. The molecule has 1 aliphatic heterocycles. The number of carbonyl (C=O) groups excluding carboxylic acids is 2. The lowest BCUT2D eigenvalue weighted by Crippen LogP contribution is -2.42. The number of rotatable bonds is 1. The Morgan fingerprint density at radius 3 is 2.48 bits per heavy atom. The first-order valence-corrected chi connectivity index (χ1v) is 8.84. The van der Waals surface area contributed by atoms with Crippen molar-refractivity contribution in [2.45, 2.75) is 39.8 Å². The number of nitrogens with two attached hydrogens (primary N) is 1. The zero-order chi connectivity index (χ0) is 20.2. The van der Waals surface area contributed by atoms with Crippen LogP contribution in [-0.4, -0.2) is 29.7 Å². The lowest BCUT2D eigenvalue weighted by atomic mass is 9.65. The number of hydrogen-bond donors (Lipinski definition) is 1. The fourth-order valence-electron chi connectivity index (χ4n) is 4.38. The predicted molar refractivity (Wildman–Crippen MR) is 94.8 cm³/mol. The molecule has 2 aliphatic rings. The Morgan fingerprint density at radius 2 is 1.89 bits per heavy atom. The van der Waals surface area contributed by atoms with Crippen LogP contribution in [0.25, 0.3) is 0 Å². The second kappa shape index (κ2) is 6.11. The largest absolute Gasteiger partial charge is 0.416 e. The molecule has 1 spiro atoms. The van der Waals surface area contributed by atoms with E-state index in [4.69, 9.17) is 5.73 Å². The molecule has 1 amide bonds. The van der Waals surface area contributed by atoms with Gasteiger partial charge in [-0.25, -0.2) is 0 Å². The average Bonchev–Trinajstić information content (AvgIpc) is 2.93. The molecule has 3 rings (SSSR count). The number of Topliss-reactive ketones (excluding diaryl/α,β-unsaturated/α-hetero) is 1. The predicted octanol–water partition coefficient (Wildman–Crippen LogP) is 3.69. The number of carbonyl (C=O) groups is 2. The second-order valence-electron chi connectivity index (χ2n) is 8.41. The van der Waals surface area contributed by atoms with Crippen LogP contribution in [0.15, 0.2) is 30.0 Å². The van der Waals surface area contributed by atoms with Crippen LogP contribution in [0.1, 0.15) is 48.2 Å². The van der Waals surface area contributed by atoms with Gasteiger partial charge >= 0.3 is 6.18 Å². The fourth-order valence-corrected chi connectivity index (χ4v) is 4.38. The maximum Gasteiger partial charge on any atom is 0.416 e. The van der Waals surface area contributed by atoms with Crippen molar-refractivity contribution in [2.75, 3.05) is 13.1 Å². The van der Waals surface area contributed by atoms with Gasteiger partial charge in [-0.05, 0) is 49.6 Å². The summed E-state index contributed by atoms with van der Waals surface area (Å²) in [4.78, 5) is 26.6. The van der Waals surface area contributed by atoms with Crippen LogP contribution in [0.3, 0.4) is 0 Å². The first kappa shape index (κ1) is 19.5. The van der Waals surface area contributed by atoms with E-state index in [1.807, 2.05) is 13.8 Å². The van der Waals surface area contributed by atoms with Crippen molar-refractivity contribution in [3.05, 3.63) is 46.7 Å². The van der Waals surface area contributed by atoms with E-state index < -0.39 is 28.5 Å². The molecule has 2 N–H and O–H groups in total. The van der Waals surface area contributed by atoms with E-state index >= 15 is 0 Å². The van der Waals surface area contributed by atoms with Crippen LogP contribution in [0.4, 0.5) is 13.2 Å². The molecule has 1 aliphatic carbocycles. The third-order valence-corrected chi connectivity index (χ3v) is 5.46.